The number of rotatable bonds is 4. The van der Waals surface area contributed by atoms with E-state index in [0.29, 0.717) is 5.92 Å². The molecule has 0 aromatic carbocycles. The van der Waals surface area contributed by atoms with E-state index in [1.54, 1.807) is 6.20 Å². The Labute approximate surface area is 93.5 Å². The lowest BCUT2D eigenvalue weighted by Crippen LogP contribution is -2.15. The maximum Gasteiger partial charge on any atom is 0.0566 e. The van der Waals surface area contributed by atoms with E-state index in [2.05, 4.69) is 20.9 Å². The van der Waals surface area contributed by atoms with E-state index in [0.717, 1.165) is 23.0 Å². The van der Waals surface area contributed by atoms with Crippen molar-refractivity contribution in [1.82, 2.24) is 4.98 Å². The number of halogens is 1. The summed E-state index contributed by atoms with van der Waals surface area (Å²) < 4.78 is 0.991. The van der Waals surface area contributed by atoms with Crippen LogP contribution in [0.2, 0.25) is 0 Å². The van der Waals surface area contributed by atoms with Gasteiger partial charge in [0.15, 0.2) is 0 Å². The topological polar surface area (TPSA) is 33.1 Å². The molecule has 0 fully saturated rings. The molecule has 1 rings (SSSR count). The first-order valence-electron chi connectivity index (χ1n) is 4.88. The predicted molar refractivity (Wildman–Crippen MR) is 61.1 cm³/mol. The van der Waals surface area contributed by atoms with Crippen molar-refractivity contribution >= 4 is 15.9 Å². The number of aliphatic hydroxyl groups is 1. The fourth-order valence-electron chi connectivity index (χ4n) is 1.18. The number of hydrogen-bond acceptors (Lipinski definition) is 2. The van der Waals surface area contributed by atoms with Crippen LogP contribution in [0.25, 0.3) is 0 Å². The van der Waals surface area contributed by atoms with Gasteiger partial charge in [-0.2, -0.15) is 0 Å². The van der Waals surface area contributed by atoms with Gasteiger partial charge in [0.25, 0.3) is 0 Å². The van der Waals surface area contributed by atoms with Crippen LogP contribution in [0, 0.1) is 5.92 Å². The number of aromatic nitrogens is 1. The molecule has 1 aromatic rings. The predicted octanol–water partition coefficient (Wildman–Crippen LogP) is 2.79. The largest absolute Gasteiger partial charge is 0.393 e. The van der Waals surface area contributed by atoms with Gasteiger partial charge in [-0.25, -0.2) is 0 Å². The second-order valence-electron chi connectivity index (χ2n) is 3.82. The van der Waals surface area contributed by atoms with Gasteiger partial charge in [-0.1, -0.05) is 13.8 Å². The summed E-state index contributed by atoms with van der Waals surface area (Å²) in [6.45, 7) is 4.05. The van der Waals surface area contributed by atoms with Gasteiger partial charge < -0.3 is 5.11 Å². The molecule has 14 heavy (non-hydrogen) atoms. The molecule has 0 radical (unpaired) electrons. The molecule has 1 aromatic heterocycles. The lowest BCUT2D eigenvalue weighted by Gasteiger charge is -2.13. The highest BCUT2D eigenvalue weighted by atomic mass is 79.9. The van der Waals surface area contributed by atoms with Gasteiger partial charge in [0.05, 0.1) is 6.10 Å². The fraction of sp³-hybridized carbons (Fsp3) is 0.545. The summed E-state index contributed by atoms with van der Waals surface area (Å²) in [5.74, 6) is 0.324. The average molecular weight is 258 g/mol. The van der Waals surface area contributed by atoms with Crippen molar-refractivity contribution in [3.63, 3.8) is 0 Å². The standard InChI is InChI=1S/C11H16BrNO/c1-8(2)11(14)6-5-10-4-3-9(12)7-13-10/h3-4,7-8,11,14H,5-6H2,1-2H3. The van der Waals surface area contributed by atoms with Crippen LogP contribution in [0.5, 0.6) is 0 Å². The zero-order valence-electron chi connectivity index (χ0n) is 8.57. The second-order valence-corrected chi connectivity index (χ2v) is 4.73. The van der Waals surface area contributed by atoms with Crippen LogP contribution in [0.15, 0.2) is 22.8 Å². The summed E-state index contributed by atoms with van der Waals surface area (Å²) in [7, 11) is 0. The van der Waals surface area contributed by atoms with Gasteiger partial charge >= 0.3 is 0 Å². The maximum atomic E-state index is 9.61. The summed E-state index contributed by atoms with van der Waals surface area (Å²) in [6, 6.07) is 3.96. The van der Waals surface area contributed by atoms with Crippen LogP contribution in [0.3, 0.4) is 0 Å². The smallest absolute Gasteiger partial charge is 0.0566 e. The highest BCUT2D eigenvalue weighted by molar-refractivity contribution is 9.10. The maximum absolute atomic E-state index is 9.61. The van der Waals surface area contributed by atoms with Crippen molar-refractivity contribution in [2.45, 2.75) is 32.8 Å². The lowest BCUT2D eigenvalue weighted by atomic mass is 10.0. The zero-order valence-corrected chi connectivity index (χ0v) is 10.2. The molecular weight excluding hydrogens is 242 g/mol. The van der Waals surface area contributed by atoms with Gasteiger partial charge in [0, 0.05) is 16.4 Å². The Balaban J connectivity index is 2.42. The van der Waals surface area contributed by atoms with Crippen molar-refractivity contribution in [3.05, 3.63) is 28.5 Å². The van der Waals surface area contributed by atoms with Crippen LogP contribution in [0.1, 0.15) is 26.0 Å². The molecule has 0 spiro atoms. The SMILES string of the molecule is CC(C)C(O)CCc1ccc(Br)cn1. The Kier molecular flexibility index (Phi) is 4.55. The molecule has 1 unspecified atom stereocenters. The van der Waals surface area contributed by atoms with Crippen molar-refractivity contribution in [3.8, 4) is 0 Å². The molecule has 0 saturated heterocycles. The normalized spacial score (nSPS) is 13.2. The van der Waals surface area contributed by atoms with E-state index in [9.17, 15) is 5.11 Å². The Hall–Kier alpha value is -0.410. The minimum Gasteiger partial charge on any atom is -0.393 e. The van der Waals surface area contributed by atoms with Crippen molar-refractivity contribution in [2.75, 3.05) is 0 Å². The van der Waals surface area contributed by atoms with Crippen LogP contribution >= 0.6 is 15.9 Å². The summed E-state index contributed by atoms with van der Waals surface area (Å²) in [5, 5.41) is 9.61. The number of hydrogen-bond donors (Lipinski definition) is 1. The van der Waals surface area contributed by atoms with Gasteiger partial charge in [0.2, 0.25) is 0 Å². The van der Waals surface area contributed by atoms with Crippen molar-refractivity contribution in [1.29, 1.82) is 0 Å². The van der Waals surface area contributed by atoms with E-state index in [-0.39, 0.29) is 6.10 Å². The van der Waals surface area contributed by atoms with Crippen LogP contribution < -0.4 is 0 Å². The van der Waals surface area contributed by atoms with E-state index in [1.165, 1.54) is 0 Å². The van der Waals surface area contributed by atoms with Crippen molar-refractivity contribution in [2.24, 2.45) is 5.92 Å². The molecule has 0 bridgehead atoms. The average Bonchev–Trinajstić information content (AvgIpc) is 2.16. The minimum absolute atomic E-state index is 0.222. The van der Waals surface area contributed by atoms with Gasteiger partial charge in [-0.3, -0.25) is 4.98 Å². The molecule has 78 valence electrons. The molecule has 0 saturated carbocycles. The van der Waals surface area contributed by atoms with Crippen LogP contribution in [-0.2, 0) is 6.42 Å². The van der Waals surface area contributed by atoms with E-state index >= 15 is 0 Å². The quantitative estimate of drug-likeness (QED) is 0.900. The number of nitrogens with zero attached hydrogens (tertiary/aromatic N) is 1. The summed E-state index contributed by atoms with van der Waals surface area (Å²) in [4.78, 5) is 4.25. The molecule has 1 heterocycles. The van der Waals surface area contributed by atoms with E-state index < -0.39 is 0 Å². The Morgan fingerprint density at radius 1 is 1.43 bits per heavy atom. The molecule has 0 aliphatic heterocycles. The minimum atomic E-state index is -0.222. The third-order valence-electron chi connectivity index (χ3n) is 2.25. The van der Waals surface area contributed by atoms with Gasteiger partial charge in [-0.15, -0.1) is 0 Å². The van der Waals surface area contributed by atoms with Crippen molar-refractivity contribution < 1.29 is 5.11 Å². The monoisotopic (exact) mass is 257 g/mol. The van der Waals surface area contributed by atoms with E-state index in [1.807, 2.05) is 26.0 Å². The third-order valence-corrected chi connectivity index (χ3v) is 2.72. The lowest BCUT2D eigenvalue weighted by molar-refractivity contribution is 0.116. The van der Waals surface area contributed by atoms with Crippen LogP contribution in [0.4, 0.5) is 0 Å². The number of pyridine rings is 1. The second kappa shape index (κ2) is 5.47. The van der Waals surface area contributed by atoms with Gasteiger partial charge in [0.1, 0.15) is 0 Å². The Bertz CT molecular complexity index is 271. The summed E-state index contributed by atoms with van der Waals surface area (Å²) >= 11 is 3.34. The Morgan fingerprint density at radius 2 is 2.14 bits per heavy atom. The fourth-order valence-corrected chi connectivity index (χ4v) is 1.42. The third kappa shape index (κ3) is 3.76. The summed E-state index contributed by atoms with van der Waals surface area (Å²) in [5.41, 5.74) is 1.04. The molecule has 1 atom stereocenters. The number of aryl methyl sites for hydroxylation is 1. The molecule has 2 nitrogen and oxygen atoms in total. The molecule has 0 aliphatic rings. The molecule has 0 aliphatic carbocycles. The van der Waals surface area contributed by atoms with Gasteiger partial charge in [-0.05, 0) is 46.8 Å². The first kappa shape index (κ1) is 11.7. The Morgan fingerprint density at radius 3 is 2.64 bits per heavy atom. The zero-order chi connectivity index (χ0) is 10.6. The first-order valence-corrected chi connectivity index (χ1v) is 5.67. The summed E-state index contributed by atoms with van der Waals surface area (Å²) in [6.07, 6.45) is 3.19. The first-order chi connectivity index (χ1) is 6.59. The molecule has 1 N–H and O–H groups in total. The van der Waals surface area contributed by atoms with E-state index in [4.69, 9.17) is 0 Å². The highest BCUT2D eigenvalue weighted by Crippen LogP contribution is 2.12. The molecular formula is C11H16BrNO. The van der Waals surface area contributed by atoms with Crippen LogP contribution in [-0.4, -0.2) is 16.2 Å². The highest BCUT2D eigenvalue weighted by Gasteiger charge is 2.08. The molecule has 3 heteroatoms. The molecule has 0 amide bonds. The number of aliphatic hydroxyl groups excluding tert-OH is 1.